The van der Waals surface area contributed by atoms with Crippen LogP contribution in [0.3, 0.4) is 0 Å². The third-order valence-electron chi connectivity index (χ3n) is 5.39. The van der Waals surface area contributed by atoms with E-state index in [2.05, 4.69) is 33.1 Å². The molecule has 8 heteroatoms. The monoisotopic (exact) mass is 452 g/mol. The van der Waals surface area contributed by atoms with Crippen LogP contribution in [0.2, 0.25) is 0 Å². The van der Waals surface area contributed by atoms with E-state index in [1.54, 1.807) is 30.7 Å². The van der Waals surface area contributed by atoms with Gasteiger partial charge >= 0.3 is 0 Å². The summed E-state index contributed by atoms with van der Waals surface area (Å²) >= 11 is 1.71. The maximum Gasteiger partial charge on any atom is 0.257 e. The van der Waals surface area contributed by atoms with Crippen molar-refractivity contribution in [1.82, 2.24) is 15.2 Å². The maximum absolute atomic E-state index is 13.1. The van der Waals surface area contributed by atoms with Gasteiger partial charge in [0.2, 0.25) is 5.88 Å². The van der Waals surface area contributed by atoms with Crippen LogP contribution in [0.25, 0.3) is 0 Å². The van der Waals surface area contributed by atoms with Crippen molar-refractivity contribution in [2.24, 2.45) is 0 Å². The van der Waals surface area contributed by atoms with Gasteiger partial charge in [0.15, 0.2) is 0 Å². The summed E-state index contributed by atoms with van der Waals surface area (Å²) in [6.07, 6.45) is 2.49. The van der Waals surface area contributed by atoms with Crippen LogP contribution in [0.4, 0.5) is 5.69 Å². The lowest BCUT2D eigenvalue weighted by atomic mass is 10.1. The summed E-state index contributed by atoms with van der Waals surface area (Å²) in [5, 5.41) is 8.57. The predicted molar refractivity (Wildman–Crippen MR) is 127 cm³/mol. The minimum absolute atomic E-state index is 0.0209. The maximum atomic E-state index is 13.1. The lowest BCUT2D eigenvalue weighted by Crippen LogP contribution is -2.32. The second-order valence-corrected chi connectivity index (χ2v) is 8.56. The molecule has 2 aromatic heterocycles. The fourth-order valence-electron chi connectivity index (χ4n) is 3.68. The number of amides is 1. The number of fused-ring (bicyclic) bond motifs is 1. The van der Waals surface area contributed by atoms with Gasteiger partial charge in [-0.05, 0) is 42.7 Å². The topological polar surface area (TPSA) is 75.7 Å². The highest BCUT2D eigenvalue weighted by molar-refractivity contribution is 7.10. The van der Waals surface area contributed by atoms with Gasteiger partial charge in [-0.15, -0.1) is 11.3 Å². The lowest BCUT2D eigenvalue weighted by molar-refractivity contribution is 0.0755. The van der Waals surface area contributed by atoms with Crippen LogP contribution in [0, 0.1) is 0 Å². The van der Waals surface area contributed by atoms with Gasteiger partial charge < -0.3 is 25.0 Å². The van der Waals surface area contributed by atoms with Crippen molar-refractivity contribution < 1.29 is 14.3 Å². The highest BCUT2D eigenvalue weighted by Gasteiger charge is 2.23. The number of nitrogens with one attached hydrogen (secondary N) is 2. The molecule has 0 bridgehead atoms. The van der Waals surface area contributed by atoms with Gasteiger partial charge in [-0.1, -0.05) is 18.2 Å². The molecule has 0 radical (unpaired) electrons. The number of methoxy groups -OCH3 is 1. The second-order valence-electron chi connectivity index (χ2n) is 7.58. The highest BCUT2D eigenvalue weighted by Crippen LogP contribution is 2.29. The molecule has 1 aromatic carbocycles. The summed E-state index contributed by atoms with van der Waals surface area (Å²) in [6.45, 7) is 2.69. The number of hydrogen-bond acceptors (Lipinski definition) is 7. The van der Waals surface area contributed by atoms with E-state index in [1.165, 1.54) is 4.88 Å². The number of carbonyl (C=O) groups is 1. The van der Waals surface area contributed by atoms with E-state index in [0.29, 0.717) is 31.1 Å². The van der Waals surface area contributed by atoms with Crippen LogP contribution in [0.15, 0.2) is 54.0 Å². The first-order valence-corrected chi connectivity index (χ1v) is 11.6. The molecule has 32 heavy (non-hydrogen) atoms. The van der Waals surface area contributed by atoms with E-state index < -0.39 is 0 Å². The van der Waals surface area contributed by atoms with Gasteiger partial charge in [0.05, 0.1) is 18.4 Å². The Kier molecular flexibility index (Phi) is 7.24. The molecule has 1 amide bonds. The smallest absolute Gasteiger partial charge is 0.257 e. The third kappa shape index (κ3) is 5.20. The number of benzene rings is 1. The van der Waals surface area contributed by atoms with Crippen LogP contribution < -0.4 is 20.1 Å². The molecule has 0 aliphatic carbocycles. The zero-order valence-corrected chi connectivity index (χ0v) is 19.2. The Morgan fingerprint density at radius 3 is 2.84 bits per heavy atom. The Labute approximate surface area is 192 Å². The summed E-state index contributed by atoms with van der Waals surface area (Å²) in [4.78, 5) is 20.3. The second kappa shape index (κ2) is 10.5. The lowest BCUT2D eigenvalue weighted by Gasteiger charge is -2.21. The number of hydrogen-bond donors (Lipinski definition) is 2. The van der Waals surface area contributed by atoms with Crippen LogP contribution in [0.1, 0.15) is 33.3 Å². The van der Waals surface area contributed by atoms with Crippen molar-refractivity contribution in [1.29, 1.82) is 0 Å². The van der Waals surface area contributed by atoms with Crippen molar-refractivity contribution in [3.8, 4) is 11.6 Å². The van der Waals surface area contributed by atoms with E-state index in [1.807, 2.05) is 36.2 Å². The van der Waals surface area contributed by atoms with Crippen LogP contribution in [-0.2, 0) is 6.54 Å². The highest BCUT2D eigenvalue weighted by atomic mass is 32.1. The normalized spacial score (nSPS) is 14.3. The van der Waals surface area contributed by atoms with Crippen LogP contribution in [0.5, 0.6) is 11.6 Å². The Hall–Kier alpha value is -3.10. The van der Waals surface area contributed by atoms with Crippen molar-refractivity contribution in [2.75, 3.05) is 39.1 Å². The molecule has 0 saturated carbocycles. The fourth-order valence-corrected chi connectivity index (χ4v) is 4.47. The Bertz CT molecular complexity index is 1020. The Morgan fingerprint density at radius 2 is 2.12 bits per heavy atom. The SMILES string of the molecule is CNCC[C@H](Oc1ccc(CN2CCNc3cc(OC)ncc3C2=O)cc1)c1cccs1. The van der Waals surface area contributed by atoms with Gasteiger partial charge in [0.25, 0.3) is 5.91 Å². The molecular formula is C24H28N4O3S. The summed E-state index contributed by atoms with van der Waals surface area (Å²) in [6, 6.07) is 13.9. The number of nitrogens with zero attached hydrogens (tertiary/aromatic N) is 2. The summed E-state index contributed by atoms with van der Waals surface area (Å²) in [5.74, 6) is 1.28. The van der Waals surface area contributed by atoms with Crippen LogP contribution in [-0.4, -0.2) is 49.6 Å². The number of aromatic nitrogens is 1. The first-order valence-electron chi connectivity index (χ1n) is 10.7. The number of anilines is 1. The Balaban J connectivity index is 1.43. The van der Waals surface area contributed by atoms with E-state index >= 15 is 0 Å². The molecule has 168 valence electrons. The molecular weight excluding hydrogens is 424 g/mol. The number of rotatable bonds is 9. The third-order valence-corrected chi connectivity index (χ3v) is 6.36. The molecule has 1 aliphatic rings. The van der Waals surface area contributed by atoms with E-state index in [9.17, 15) is 4.79 Å². The zero-order valence-electron chi connectivity index (χ0n) is 18.3. The van der Waals surface area contributed by atoms with Crippen molar-refractivity contribution in [2.45, 2.75) is 19.1 Å². The molecule has 3 aromatic rings. The van der Waals surface area contributed by atoms with Gasteiger partial charge in [0, 0.05) is 43.2 Å². The zero-order chi connectivity index (χ0) is 22.3. The van der Waals surface area contributed by atoms with E-state index in [-0.39, 0.29) is 12.0 Å². The quantitative estimate of drug-likeness (QED) is 0.512. The average molecular weight is 453 g/mol. The number of thiophene rings is 1. The molecule has 2 N–H and O–H groups in total. The Morgan fingerprint density at radius 1 is 1.28 bits per heavy atom. The molecule has 0 spiro atoms. The minimum Gasteiger partial charge on any atom is -0.485 e. The summed E-state index contributed by atoms with van der Waals surface area (Å²) in [5.41, 5.74) is 2.37. The largest absolute Gasteiger partial charge is 0.485 e. The fraction of sp³-hybridized carbons (Fsp3) is 0.333. The number of ether oxygens (including phenoxy) is 2. The average Bonchev–Trinajstić information content (AvgIpc) is 3.31. The standard InChI is InChI=1S/C24H28N4O3S/c1-25-10-9-21(22-4-3-13-32-22)31-18-7-5-17(6-8-18)16-28-12-11-26-20-14-23(30-2)27-15-19(20)24(28)29/h3-8,13-15,21,25-26H,9-12,16H2,1-2H3/t21-/m0/s1. The number of pyridine rings is 1. The molecule has 1 aliphatic heterocycles. The molecule has 7 nitrogen and oxygen atoms in total. The van der Waals surface area contributed by atoms with Crippen molar-refractivity contribution in [3.05, 3.63) is 70.0 Å². The molecule has 0 unspecified atom stereocenters. The van der Waals surface area contributed by atoms with Crippen molar-refractivity contribution in [3.63, 3.8) is 0 Å². The molecule has 0 saturated heterocycles. The number of carbonyl (C=O) groups excluding carboxylic acids is 1. The molecule has 0 fully saturated rings. The molecule has 3 heterocycles. The van der Waals surface area contributed by atoms with E-state index in [0.717, 1.165) is 30.0 Å². The first-order chi connectivity index (χ1) is 15.7. The predicted octanol–water partition coefficient (Wildman–Crippen LogP) is 3.95. The minimum atomic E-state index is -0.0368. The van der Waals surface area contributed by atoms with Gasteiger partial charge in [-0.3, -0.25) is 4.79 Å². The van der Waals surface area contributed by atoms with Gasteiger partial charge in [-0.2, -0.15) is 0 Å². The molecule has 1 atom stereocenters. The van der Waals surface area contributed by atoms with Gasteiger partial charge in [-0.25, -0.2) is 4.98 Å². The summed E-state index contributed by atoms with van der Waals surface area (Å²) in [7, 11) is 3.52. The summed E-state index contributed by atoms with van der Waals surface area (Å²) < 4.78 is 11.4. The van der Waals surface area contributed by atoms with Crippen molar-refractivity contribution >= 4 is 22.9 Å². The van der Waals surface area contributed by atoms with Crippen LogP contribution >= 0.6 is 11.3 Å². The molecule has 4 rings (SSSR count). The van der Waals surface area contributed by atoms with Gasteiger partial charge in [0.1, 0.15) is 11.9 Å². The first kappa shape index (κ1) is 22.1. The van der Waals surface area contributed by atoms with E-state index in [4.69, 9.17) is 9.47 Å².